The van der Waals surface area contributed by atoms with Crippen molar-refractivity contribution in [2.24, 2.45) is 0 Å². The molecule has 6 nitrogen and oxygen atoms in total. The van der Waals surface area contributed by atoms with Crippen LogP contribution >= 0.6 is 0 Å². The average molecular weight is 397 g/mol. The molecule has 2 unspecified atom stereocenters. The van der Waals surface area contributed by atoms with Crippen LogP contribution in [0.25, 0.3) is 32.9 Å². The molecule has 2 atom stereocenters. The van der Waals surface area contributed by atoms with Crippen molar-refractivity contribution in [3.8, 4) is 17.4 Å². The predicted octanol–water partition coefficient (Wildman–Crippen LogP) is 4.31. The molecule has 0 saturated carbocycles. The van der Waals surface area contributed by atoms with Crippen molar-refractivity contribution in [1.29, 1.82) is 0 Å². The van der Waals surface area contributed by atoms with Crippen LogP contribution in [0.5, 0.6) is 6.01 Å². The maximum atomic E-state index is 10.4. The molecule has 148 valence electrons. The van der Waals surface area contributed by atoms with E-state index in [1.54, 1.807) is 12.2 Å². The van der Waals surface area contributed by atoms with Gasteiger partial charge in [0.1, 0.15) is 17.5 Å². The standard InChI is InChI=1S/C24H19N3O3/c1-30-24-26-22(25-23(27-24)21-18(28)11-6-12-19(21)29)20-16-9-4-2-7-14(16)13-15-8-3-5-10-17(15)20/h2-13,18,21,28-29H,1H3. The number of benzene rings is 3. The second-order valence-corrected chi connectivity index (χ2v) is 7.14. The Hall–Kier alpha value is -3.77. The minimum Gasteiger partial charge on any atom is -0.511 e. The first-order valence-corrected chi connectivity index (χ1v) is 9.62. The molecule has 1 aromatic heterocycles. The van der Waals surface area contributed by atoms with Crippen LogP contribution in [0.3, 0.4) is 0 Å². The summed E-state index contributed by atoms with van der Waals surface area (Å²) < 4.78 is 5.34. The summed E-state index contributed by atoms with van der Waals surface area (Å²) in [6.45, 7) is 0. The molecule has 0 spiro atoms. The summed E-state index contributed by atoms with van der Waals surface area (Å²) in [7, 11) is 1.48. The summed E-state index contributed by atoms with van der Waals surface area (Å²) in [4.78, 5) is 13.5. The van der Waals surface area contributed by atoms with Gasteiger partial charge in [0.25, 0.3) is 0 Å². The quantitative estimate of drug-likeness (QED) is 0.501. The van der Waals surface area contributed by atoms with Crippen LogP contribution in [0, 0.1) is 0 Å². The van der Waals surface area contributed by atoms with Crippen molar-refractivity contribution < 1.29 is 14.9 Å². The van der Waals surface area contributed by atoms with Crippen LogP contribution in [0.2, 0.25) is 0 Å². The normalized spacial score (nSPS) is 18.5. The minimum absolute atomic E-state index is 0.00743. The van der Waals surface area contributed by atoms with Crippen molar-refractivity contribution in [2.45, 2.75) is 12.0 Å². The zero-order valence-electron chi connectivity index (χ0n) is 16.2. The zero-order chi connectivity index (χ0) is 20.7. The lowest BCUT2D eigenvalue weighted by atomic mass is 9.94. The van der Waals surface area contributed by atoms with Crippen molar-refractivity contribution in [2.75, 3.05) is 7.11 Å². The predicted molar refractivity (Wildman–Crippen MR) is 115 cm³/mol. The second kappa shape index (κ2) is 7.24. The van der Waals surface area contributed by atoms with Gasteiger partial charge in [0.05, 0.1) is 13.2 Å². The molecule has 3 aromatic carbocycles. The fourth-order valence-corrected chi connectivity index (χ4v) is 3.91. The Labute approximate surface area is 172 Å². The van der Waals surface area contributed by atoms with Crippen molar-refractivity contribution in [3.63, 3.8) is 0 Å². The van der Waals surface area contributed by atoms with Crippen LogP contribution in [0.4, 0.5) is 0 Å². The van der Waals surface area contributed by atoms with E-state index in [0.29, 0.717) is 5.82 Å². The molecule has 6 heteroatoms. The Bertz CT molecular complexity index is 1280. The van der Waals surface area contributed by atoms with Crippen LogP contribution in [0.15, 0.2) is 78.6 Å². The summed E-state index contributed by atoms with van der Waals surface area (Å²) in [5, 5.41) is 24.9. The third kappa shape index (κ3) is 2.98. The number of hydrogen-bond donors (Lipinski definition) is 2. The fourth-order valence-electron chi connectivity index (χ4n) is 3.91. The van der Waals surface area contributed by atoms with Gasteiger partial charge in [-0.3, -0.25) is 0 Å². The summed E-state index contributed by atoms with van der Waals surface area (Å²) in [6, 6.07) is 18.4. The van der Waals surface area contributed by atoms with E-state index in [1.807, 2.05) is 36.4 Å². The largest absolute Gasteiger partial charge is 0.511 e. The summed E-state index contributed by atoms with van der Waals surface area (Å²) in [6.07, 6.45) is 3.78. The number of rotatable bonds is 3. The van der Waals surface area contributed by atoms with Crippen LogP contribution in [-0.2, 0) is 0 Å². The van der Waals surface area contributed by atoms with E-state index in [4.69, 9.17) is 4.74 Å². The number of nitrogens with zero attached hydrogens (tertiary/aromatic N) is 3. The molecular formula is C24H19N3O3. The number of hydrogen-bond acceptors (Lipinski definition) is 6. The molecule has 4 aromatic rings. The number of aliphatic hydroxyl groups is 2. The van der Waals surface area contributed by atoms with Gasteiger partial charge in [-0.15, -0.1) is 0 Å². The highest BCUT2D eigenvalue weighted by Gasteiger charge is 2.30. The number of ether oxygens (including phenoxy) is 1. The smallest absolute Gasteiger partial charge is 0.319 e. The van der Waals surface area contributed by atoms with Gasteiger partial charge in [0.15, 0.2) is 5.82 Å². The highest BCUT2D eigenvalue weighted by molar-refractivity contribution is 6.11. The van der Waals surface area contributed by atoms with Gasteiger partial charge in [-0.1, -0.05) is 60.7 Å². The van der Waals surface area contributed by atoms with Gasteiger partial charge in [0.2, 0.25) is 0 Å². The minimum atomic E-state index is -0.945. The van der Waals surface area contributed by atoms with Gasteiger partial charge in [-0.25, -0.2) is 4.98 Å². The highest BCUT2D eigenvalue weighted by Crippen LogP contribution is 2.36. The Balaban J connectivity index is 1.82. The molecule has 0 bridgehead atoms. The van der Waals surface area contributed by atoms with Crippen molar-refractivity contribution >= 4 is 21.5 Å². The van der Waals surface area contributed by atoms with Crippen molar-refractivity contribution in [3.05, 3.63) is 84.4 Å². The first-order chi connectivity index (χ1) is 14.7. The lowest BCUT2D eigenvalue weighted by Gasteiger charge is -2.22. The topological polar surface area (TPSA) is 88.4 Å². The van der Waals surface area contributed by atoms with E-state index in [2.05, 4.69) is 33.2 Å². The molecule has 0 aliphatic heterocycles. The van der Waals surface area contributed by atoms with Crippen LogP contribution in [-0.4, -0.2) is 38.4 Å². The van der Waals surface area contributed by atoms with Gasteiger partial charge in [0, 0.05) is 5.56 Å². The SMILES string of the molecule is COc1nc(-c2c3ccccc3cc3ccccc23)nc(C2C(O)=CC=CC2O)n1. The maximum absolute atomic E-state index is 10.4. The first kappa shape index (κ1) is 18.3. The monoisotopic (exact) mass is 397 g/mol. The summed E-state index contributed by atoms with van der Waals surface area (Å²) >= 11 is 0. The molecule has 2 N–H and O–H groups in total. The van der Waals surface area contributed by atoms with E-state index >= 15 is 0 Å². The number of fused-ring (bicyclic) bond motifs is 2. The lowest BCUT2D eigenvalue weighted by molar-refractivity contribution is 0.170. The van der Waals surface area contributed by atoms with E-state index in [9.17, 15) is 10.2 Å². The first-order valence-electron chi connectivity index (χ1n) is 9.62. The molecule has 30 heavy (non-hydrogen) atoms. The van der Waals surface area contributed by atoms with Crippen LogP contribution in [0.1, 0.15) is 11.7 Å². The fraction of sp³-hybridized carbons (Fsp3) is 0.125. The summed E-state index contributed by atoms with van der Waals surface area (Å²) in [5.74, 6) is -0.113. The van der Waals surface area contributed by atoms with Gasteiger partial charge in [-0.2, -0.15) is 9.97 Å². The highest BCUT2D eigenvalue weighted by atomic mass is 16.5. The van der Waals surface area contributed by atoms with E-state index in [0.717, 1.165) is 27.1 Å². The average Bonchev–Trinajstić information content (AvgIpc) is 2.77. The van der Waals surface area contributed by atoms with E-state index in [-0.39, 0.29) is 17.6 Å². The second-order valence-electron chi connectivity index (χ2n) is 7.14. The number of methoxy groups -OCH3 is 1. The third-order valence-electron chi connectivity index (χ3n) is 5.32. The molecule has 0 saturated heterocycles. The molecule has 0 amide bonds. The molecular weight excluding hydrogens is 378 g/mol. The number of allylic oxidation sites excluding steroid dienone is 2. The Kier molecular flexibility index (Phi) is 4.41. The number of aromatic nitrogens is 3. The summed E-state index contributed by atoms with van der Waals surface area (Å²) in [5.41, 5.74) is 0.856. The van der Waals surface area contributed by atoms with Gasteiger partial charge < -0.3 is 14.9 Å². The van der Waals surface area contributed by atoms with E-state index < -0.39 is 12.0 Å². The molecule has 0 fully saturated rings. The molecule has 1 aliphatic carbocycles. The van der Waals surface area contributed by atoms with Gasteiger partial charge >= 0.3 is 6.01 Å². The molecule has 0 radical (unpaired) electrons. The molecule has 1 heterocycles. The van der Waals surface area contributed by atoms with E-state index in [1.165, 1.54) is 13.2 Å². The van der Waals surface area contributed by atoms with Gasteiger partial charge in [-0.05, 0) is 33.7 Å². The number of aliphatic hydroxyl groups excluding tert-OH is 2. The maximum Gasteiger partial charge on any atom is 0.319 e. The Morgan fingerprint density at radius 3 is 2.20 bits per heavy atom. The Morgan fingerprint density at radius 1 is 0.900 bits per heavy atom. The zero-order valence-corrected chi connectivity index (χ0v) is 16.2. The Morgan fingerprint density at radius 2 is 1.57 bits per heavy atom. The molecule has 1 aliphatic rings. The molecule has 5 rings (SSSR count). The van der Waals surface area contributed by atoms with Crippen molar-refractivity contribution in [1.82, 2.24) is 15.0 Å². The van der Waals surface area contributed by atoms with Crippen LogP contribution < -0.4 is 4.74 Å². The third-order valence-corrected chi connectivity index (χ3v) is 5.32. The lowest BCUT2D eigenvalue weighted by Crippen LogP contribution is -2.23.